The molecule has 4 aromatic rings. The molecule has 198 valence electrons. The summed E-state index contributed by atoms with van der Waals surface area (Å²) in [6.07, 6.45) is 4.19. The number of hydrogen-bond acceptors (Lipinski definition) is 6. The van der Waals surface area contributed by atoms with E-state index in [0.29, 0.717) is 36.6 Å². The summed E-state index contributed by atoms with van der Waals surface area (Å²) in [7, 11) is 0. The van der Waals surface area contributed by atoms with Crippen LogP contribution in [0.1, 0.15) is 58.9 Å². The second-order valence-corrected chi connectivity index (χ2v) is 9.92. The summed E-state index contributed by atoms with van der Waals surface area (Å²) in [6, 6.07) is 15.9. The summed E-state index contributed by atoms with van der Waals surface area (Å²) in [6.45, 7) is 7.74. The van der Waals surface area contributed by atoms with Crippen LogP contribution in [-0.2, 0) is 22.3 Å². The van der Waals surface area contributed by atoms with Gasteiger partial charge in [-0.25, -0.2) is 4.98 Å². The van der Waals surface area contributed by atoms with E-state index in [0.717, 1.165) is 71.3 Å². The molecule has 2 aromatic heterocycles. The number of pyridine rings is 1. The summed E-state index contributed by atoms with van der Waals surface area (Å²) in [5.41, 5.74) is 7.33. The van der Waals surface area contributed by atoms with Crippen LogP contribution in [0.4, 0.5) is 0 Å². The second kappa shape index (κ2) is 11.9. The zero-order valence-corrected chi connectivity index (χ0v) is 22.4. The Morgan fingerprint density at radius 3 is 2.79 bits per heavy atom. The molecule has 0 radical (unpaired) electrons. The summed E-state index contributed by atoms with van der Waals surface area (Å²) in [4.78, 5) is 18.1. The van der Waals surface area contributed by atoms with Gasteiger partial charge in [0.05, 0.1) is 12.3 Å². The summed E-state index contributed by atoms with van der Waals surface area (Å²) >= 11 is 0. The fourth-order valence-electron chi connectivity index (χ4n) is 4.89. The molecule has 1 fully saturated rings. The summed E-state index contributed by atoms with van der Waals surface area (Å²) in [5, 5.41) is 8.49. The largest absolute Gasteiger partial charge is 0.491 e. The van der Waals surface area contributed by atoms with Gasteiger partial charge in [-0.15, -0.1) is 0 Å². The minimum absolute atomic E-state index is 0.0449. The normalized spacial score (nSPS) is 15.6. The number of aromatic amines is 1. The van der Waals surface area contributed by atoms with Crippen molar-refractivity contribution in [1.82, 2.24) is 15.2 Å². The molecule has 7 heteroatoms. The number of carbonyl (C=O) groups is 1. The number of carbonyl (C=O) groups excluding carboxylic acids is 1. The maximum Gasteiger partial charge on any atom is 0.181 e. The standard InChI is InChI=1S/C31H35N3O4/c1-4-27-25-10-11-28(32-31(25)34-33-27)26-17-22(9-8-21(26)3)18-29(35)23-15-20(2)16-24(19-23)36-13-14-38-30-7-5-6-12-37-30/h8-11,15-17,19,30H,4-7,12-14,18H2,1-3H3,(H,32,33,34). The molecule has 38 heavy (non-hydrogen) atoms. The van der Waals surface area contributed by atoms with Crippen LogP contribution in [0.25, 0.3) is 22.3 Å². The average molecular weight is 514 g/mol. The number of H-pyrrole nitrogens is 1. The Balaban J connectivity index is 1.26. The lowest BCUT2D eigenvalue weighted by atomic mass is 9.96. The van der Waals surface area contributed by atoms with Gasteiger partial charge >= 0.3 is 0 Å². The van der Waals surface area contributed by atoms with Crippen molar-refractivity contribution in [2.45, 2.75) is 59.2 Å². The number of benzene rings is 2. The maximum atomic E-state index is 13.3. The van der Waals surface area contributed by atoms with Gasteiger partial charge in [0.2, 0.25) is 0 Å². The van der Waals surface area contributed by atoms with E-state index in [1.54, 1.807) is 0 Å². The number of nitrogens with zero attached hydrogens (tertiary/aromatic N) is 2. The number of aryl methyl sites for hydroxylation is 3. The van der Waals surface area contributed by atoms with Crippen LogP contribution >= 0.6 is 0 Å². The van der Waals surface area contributed by atoms with Gasteiger partial charge in [-0.3, -0.25) is 9.89 Å². The smallest absolute Gasteiger partial charge is 0.181 e. The van der Waals surface area contributed by atoms with E-state index in [1.165, 1.54) is 0 Å². The number of Topliss-reactive ketones (excluding diaryl/α,β-unsaturated/α-hetero) is 1. The van der Waals surface area contributed by atoms with Crippen molar-refractivity contribution in [3.05, 3.63) is 76.5 Å². The van der Waals surface area contributed by atoms with Crippen LogP contribution in [0.5, 0.6) is 5.75 Å². The van der Waals surface area contributed by atoms with Gasteiger partial charge in [0.15, 0.2) is 17.7 Å². The van der Waals surface area contributed by atoms with Crippen LogP contribution in [-0.4, -0.2) is 47.1 Å². The predicted molar refractivity (Wildman–Crippen MR) is 148 cm³/mol. The zero-order chi connectivity index (χ0) is 26.5. The van der Waals surface area contributed by atoms with E-state index in [4.69, 9.17) is 19.2 Å². The van der Waals surface area contributed by atoms with E-state index < -0.39 is 0 Å². The van der Waals surface area contributed by atoms with Crippen LogP contribution < -0.4 is 4.74 Å². The topological polar surface area (TPSA) is 86.3 Å². The molecule has 0 aliphatic carbocycles. The lowest BCUT2D eigenvalue weighted by Gasteiger charge is -2.22. The summed E-state index contributed by atoms with van der Waals surface area (Å²) in [5.74, 6) is 0.720. The van der Waals surface area contributed by atoms with E-state index in [9.17, 15) is 4.79 Å². The van der Waals surface area contributed by atoms with Gasteiger partial charge in [0.25, 0.3) is 0 Å². The van der Waals surface area contributed by atoms with Crippen LogP contribution in [0.15, 0.2) is 48.5 Å². The van der Waals surface area contributed by atoms with E-state index >= 15 is 0 Å². The zero-order valence-electron chi connectivity index (χ0n) is 22.4. The highest BCUT2D eigenvalue weighted by Gasteiger charge is 2.15. The van der Waals surface area contributed by atoms with Crippen LogP contribution in [0.3, 0.4) is 0 Å². The molecule has 1 aliphatic heterocycles. The number of fused-ring (bicyclic) bond motifs is 1. The number of aromatic nitrogens is 3. The molecule has 0 spiro atoms. The highest BCUT2D eigenvalue weighted by Crippen LogP contribution is 2.27. The van der Waals surface area contributed by atoms with Crippen molar-refractivity contribution in [2.75, 3.05) is 19.8 Å². The molecule has 1 aliphatic rings. The highest BCUT2D eigenvalue weighted by molar-refractivity contribution is 5.98. The van der Waals surface area contributed by atoms with Crippen molar-refractivity contribution < 1.29 is 19.0 Å². The van der Waals surface area contributed by atoms with Crippen LogP contribution in [0, 0.1) is 13.8 Å². The third kappa shape index (κ3) is 6.11. The van der Waals surface area contributed by atoms with Crippen molar-refractivity contribution in [3.8, 4) is 17.0 Å². The molecule has 0 bridgehead atoms. The number of ketones is 1. The molecule has 3 heterocycles. The van der Waals surface area contributed by atoms with E-state index in [2.05, 4.69) is 36.2 Å². The van der Waals surface area contributed by atoms with Gasteiger partial charge in [-0.1, -0.05) is 19.1 Å². The second-order valence-electron chi connectivity index (χ2n) is 9.92. The van der Waals surface area contributed by atoms with Gasteiger partial charge < -0.3 is 14.2 Å². The third-order valence-corrected chi connectivity index (χ3v) is 6.96. The fourth-order valence-corrected chi connectivity index (χ4v) is 4.89. The van der Waals surface area contributed by atoms with E-state index in [1.807, 2.05) is 43.3 Å². The Morgan fingerprint density at radius 2 is 1.97 bits per heavy atom. The molecule has 0 amide bonds. The Labute approximate surface area is 223 Å². The quantitative estimate of drug-likeness (QED) is 0.202. The van der Waals surface area contributed by atoms with Gasteiger partial charge in [0.1, 0.15) is 12.4 Å². The molecular weight excluding hydrogens is 478 g/mol. The number of hydrogen-bond donors (Lipinski definition) is 1. The third-order valence-electron chi connectivity index (χ3n) is 6.96. The monoisotopic (exact) mass is 513 g/mol. The van der Waals surface area contributed by atoms with Gasteiger partial charge in [0, 0.05) is 35.2 Å². The first-order valence-corrected chi connectivity index (χ1v) is 13.4. The van der Waals surface area contributed by atoms with Gasteiger partial charge in [-0.05, 0) is 92.6 Å². The lowest BCUT2D eigenvalue weighted by molar-refractivity contribution is -0.165. The molecule has 1 N–H and O–H groups in total. The molecule has 5 rings (SSSR count). The molecule has 7 nitrogen and oxygen atoms in total. The van der Waals surface area contributed by atoms with Crippen LogP contribution in [0.2, 0.25) is 0 Å². The molecule has 1 unspecified atom stereocenters. The molecule has 1 saturated heterocycles. The fraction of sp³-hybridized carbons (Fsp3) is 0.387. The maximum absolute atomic E-state index is 13.3. The minimum atomic E-state index is -0.133. The number of nitrogens with one attached hydrogen (secondary N) is 1. The first-order chi connectivity index (χ1) is 18.5. The number of ether oxygens (including phenoxy) is 3. The Kier molecular flexibility index (Phi) is 8.15. The molecule has 0 saturated carbocycles. The predicted octanol–water partition coefficient (Wildman–Crippen LogP) is 6.15. The Hall–Kier alpha value is -3.55. The highest BCUT2D eigenvalue weighted by atomic mass is 16.7. The van der Waals surface area contributed by atoms with Crippen molar-refractivity contribution in [3.63, 3.8) is 0 Å². The van der Waals surface area contributed by atoms with Crippen molar-refractivity contribution in [2.24, 2.45) is 0 Å². The van der Waals surface area contributed by atoms with Crippen molar-refractivity contribution in [1.29, 1.82) is 0 Å². The first kappa shape index (κ1) is 26.1. The van der Waals surface area contributed by atoms with Crippen molar-refractivity contribution >= 4 is 16.8 Å². The lowest BCUT2D eigenvalue weighted by Crippen LogP contribution is -2.24. The molecule has 2 aromatic carbocycles. The average Bonchev–Trinajstić information content (AvgIpc) is 3.35. The SMILES string of the molecule is CCc1[nH]nc2nc(-c3cc(CC(=O)c4cc(C)cc(OCCOC5CCCCO5)c4)ccc3C)ccc12. The van der Waals surface area contributed by atoms with E-state index in [-0.39, 0.29) is 12.1 Å². The Bertz CT molecular complexity index is 1420. The first-order valence-electron chi connectivity index (χ1n) is 13.4. The summed E-state index contributed by atoms with van der Waals surface area (Å²) < 4.78 is 17.3. The molecular formula is C31H35N3O4. The minimum Gasteiger partial charge on any atom is -0.491 e. The molecule has 1 atom stereocenters. The Morgan fingerprint density at radius 1 is 1.08 bits per heavy atom. The van der Waals surface area contributed by atoms with Gasteiger partial charge in [-0.2, -0.15) is 5.10 Å². The number of rotatable bonds is 10.